The Bertz CT molecular complexity index is 661. The van der Waals surface area contributed by atoms with Gasteiger partial charge in [-0.3, -0.25) is 0 Å². The van der Waals surface area contributed by atoms with Crippen molar-refractivity contribution in [2.45, 2.75) is 37.3 Å². The molecule has 2 aromatic heterocycles. The number of piperidine rings is 1. The van der Waals surface area contributed by atoms with Crippen LogP contribution in [0.4, 0.5) is 5.82 Å². The van der Waals surface area contributed by atoms with Crippen LogP contribution in [-0.4, -0.2) is 56.5 Å². The van der Waals surface area contributed by atoms with Gasteiger partial charge in [0.25, 0.3) is 0 Å². The SMILES string of the molecule is OC1(Cn2ccnc2)CCN(c2cc(C3CCOC3)ncn2)CC1. The van der Waals surface area contributed by atoms with Crippen LogP contribution in [0.5, 0.6) is 0 Å². The van der Waals surface area contributed by atoms with Crippen LogP contribution in [0.2, 0.25) is 0 Å². The molecular formula is C17H23N5O2. The second kappa shape index (κ2) is 6.49. The lowest BCUT2D eigenvalue weighted by molar-refractivity contribution is -0.000183. The fourth-order valence-corrected chi connectivity index (χ4v) is 3.56. The predicted molar refractivity (Wildman–Crippen MR) is 88.8 cm³/mol. The highest BCUT2D eigenvalue weighted by atomic mass is 16.5. The van der Waals surface area contributed by atoms with Crippen molar-refractivity contribution in [2.24, 2.45) is 0 Å². The summed E-state index contributed by atoms with van der Waals surface area (Å²) in [6, 6.07) is 2.08. The topological polar surface area (TPSA) is 76.3 Å². The Morgan fingerprint density at radius 1 is 1.29 bits per heavy atom. The van der Waals surface area contributed by atoms with E-state index in [0.29, 0.717) is 12.5 Å². The minimum Gasteiger partial charge on any atom is -0.388 e. The molecule has 1 N–H and O–H groups in total. The molecule has 7 heteroatoms. The second-order valence-electron chi connectivity index (χ2n) is 6.81. The first-order chi connectivity index (χ1) is 11.7. The maximum atomic E-state index is 10.8. The Labute approximate surface area is 141 Å². The number of anilines is 1. The van der Waals surface area contributed by atoms with Crippen molar-refractivity contribution in [3.05, 3.63) is 36.8 Å². The van der Waals surface area contributed by atoms with Gasteiger partial charge in [-0.1, -0.05) is 0 Å². The number of imidazole rings is 1. The number of aliphatic hydroxyl groups is 1. The molecule has 2 aromatic rings. The monoisotopic (exact) mass is 329 g/mol. The molecule has 7 nitrogen and oxygen atoms in total. The molecule has 2 saturated heterocycles. The molecule has 128 valence electrons. The highest BCUT2D eigenvalue weighted by Gasteiger charge is 2.33. The number of nitrogens with zero attached hydrogens (tertiary/aromatic N) is 5. The zero-order valence-electron chi connectivity index (χ0n) is 13.7. The van der Waals surface area contributed by atoms with E-state index < -0.39 is 5.60 Å². The molecule has 2 aliphatic rings. The largest absolute Gasteiger partial charge is 0.388 e. The summed E-state index contributed by atoms with van der Waals surface area (Å²) in [4.78, 5) is 15.1. The van der Waals surface area contributed by atoms with Crippen LogP contribution < -0.4 is 4.90 Å². The van der Waals surface area contributed by atoms with E-state index in [2.05, 4.69) is 25.9 Å². The Hall–Kier alpha value is -1.99. The zero-order valence-corrected chi connectivity index (χ0v) is 13.7. The van der Waals surface area contributed by atoms with Crippen molar-refractivity contribution in [1.29, 1.82) is 0 Å². The molecule has 0 aromatic carbocycles. The molecule has 1 unspecified atom stereocenters. The van der Waals surface area contributed by atoms with Crippen LogP contribution in [-0.2, 0) is 11.3 Å². The predicted octanol–water partition coefficient (Wildman–Crippen LogP) is 1.21. The van der Waals surface area contributed by atoms with E-state index in [-0.39, 0.29) is 0 Å². The third-order valence-corrected chi connectivity index (χ3v) is 5.08. The molecule has 0 saturated carbocycles. The summed E-state index contributed by atoms with van der Waals surface area (Å²) in [7, 11) is 0. The van der Waals surface area contributed by atoms with Crippen molar-refractivity contribution in [3.8, 4) is 0 Å². The third kappa shape index (κ3) is 3.27. The highest BCUT2D eigenvalue weighted by molar-refractivity contribution is 5.40. The van der Waals surface area contributed by atoms with E-state index in [1.54, 1.807) is 18.9 Å². The third-order valence-electron chi connectivity index (χ3n) is 5.08. The van der Waals surface area contributed by atoms with Gasteiger partial charge in [0, 0.05) is 44.1 Å². The molecule has 0 amide bonds. The lowest BCUT2D eigenvalue weighted by Crippen LogP contribution is -2.47. The molecule has 4 rings (SSSR count). The van der Waals surface area contributed by atoms with Gasteiger partial charge in [-0.25, -0.2) is 15.0 Å². The highest BCUT2D eigenvalue weighted by Crippen LogP contribution is 2.29. The molecule has 2 fully saturated rings. The number of hydrogen-bond acceptors (Lipinski definition) is 6. The summed E-state index contributed by atoms with van der Waals surface area (Å²) < 4.78 is 7.40. The van der Waals surface area contributed by atoms with Crippen molar-refractivity contribution >= 4 is 5.82 Å². The number of aromatic nitrogens is 4. The quantitative estimate of drug-likeness (QED) is 0.908. The standard InChI is InChI=1S/C17H23N5O2/c23-17(11-21-7-4-18-13-21)2-5-22(6-3-17)16-9-15(19-12-20-16)14-1-8-24-10-14/h4,7,9,12-14,23H,1-3,5-6,8,10-11H2. The minimum absolute atomic E-state index is 0.384. The Balaban J connectivity index is 1.41. The molecule has 24 heavy (non-hydrogen) atoms. The van der Waals surface area contributed by atoms with Gasteiger partial charge in [0.1, 0.15) is 12.1 Å². The summed E-state index contributed by atoms with van der Waals surface area (Å²) in [5.41, 5.74) is 0.392. The van der Waals surface area contributed by atoms with Crippen LogP contribution in [0.15, 0.2) is 31.1 Å². The van der Waals surface area contributed by atoms with E-state index in [1.165, 1.54) is 0 Å². The lowest BCUT2D eigenvalue weighted by atomic mass is 9.91. The first-order valence-corrected chi connectivity index (χ1v) is 8.55. The van der Waals surface area contributed by atoms with Crippen LogP contribution in [0.3, 0.4) is 0 Å². The van der Waals surface area contributed by atoms with E-state index >= 15 is 0 Å². The fraction of sp³-hybridized carbons (Fsp3) is 0.588. The minimum atomic E-state index is -0.674. The first kappa shape index (κ1) is 15.5. The average molecular weight is 329 g/mol. The van der Waals surface area contributed by atoms with Crippen LogP contribution >= 0.6 is 0 Å². The summed E-state index contributed by atoms with van der Waals surface area (Å²) in [6.07, 6.45) is 9.51. The summed E-state index contributed by atoms with van der Waals surface area (Å²) in [5, 5.41) is 10.8. The van der Waals surface area contributed by atoms with Gasteiger partial charge < -0.3 is 19.3 Å². The molecule has 1 atom stereocenters. The molecule has 0 radical (unpaired) electrons. The normalized spacial score (nSPS) is 23.5. The smallest absolute Gasteiger partial charge is 0.132 e. The summed E-state index contributed by atoms with van der Waals surface area (Å²) in [6.45, 7) is 3.75. The van der Waals surface area contributed by atoms with Gasteiger partial charge in [0.15, 0.2) is 0 Å². The number of hydrogen-bond donors (Lipinski definition) is 1. The van der Waals surface area contributed by atoms with Crippen molar-refractivity contribution < 1.29 is 9.84 Å². The van der Waals surface area contributed by atoms with Crippen molar-refractivity contribution in [2.75, 3.05) is 31.2 Å². The maximum Gasteiger partial charge on any atom is 0.132 e. The van der Waals surface area contributed by atoms with E-state index in [4.69, 9.17) is 4.74 Å². The van der Waals surface area contributed by atoms with Gasteiger partial charge in [0.05, 0.1) is 30.8 Å². The van der Waals surface area contributed by atoms with Crippen molar-refractivity contribution in [1.82, 2.24) is 19.5 Å². The number of ether oxygens (including phenoxy) is 1. The lowest BCUT2D eigenvalue weighted by Gasteiger charge is -2.39. The van der Waals surface area contributed by atoms with Gasteiger partial charge in [-0.15, -0.1) is 0 Å². The zero-order chi connectivity index (χ0) is 16.4. The van der Waals surface area contributed by atoms with E-state index in [1.807, 2.05) is 10.8 Å². The van der Waals surface area contributed by atoms with Crippen LogP contribution in [0.25, 0.3) is 0 Å². The van der Waals surface area contributed by atoms with Gasteiger partial charge >= 0.3 is 0 Å². The summed E-state index contributed by atoms with van der Waals surface area (Å²) >= 11 is 0. The second-order valence-corrected chi connectivity index (χ2v) is 6.81. The average Bonchev–Trinajstić information content (AvgIpc) is 3.29. The number of rotatable bonds is 4. The molecule has 0 spiro atoms. The van der Waals surface area contributed by atoms with Crippen molar-refractivity contribution in [3.63, 3.8) is 0 Å². The Morgan fingerprint density at radius 2 is 2.17 bits per heavy atom. The van der Waals surface area contributed by atoms with Crippen LogP contribution in [0, 0.1) is 0 Å². The maximum absolute atomic E-state index is 10.8. The van der Waals surface area contributed by atoms with Gasteiger partial charge in [0.2, 0.25) is 0 Å². The molecule has 0 bridgehead atoms. The fourth-order valence-electron chi connectivity index (χ4n) is 3.56. The van der Waals surface area contributed by atoms with Gasteiger partial charge in [-0.2, -0.15) is 0 Å². The molecule has 4 heterocycles. The molecule has 0 aliphatic carbocycles. The van der Waals surface area contributed by atoms with Crippen LogP contribution in [0.1, 0.15) is 30.9 Å². The van der Waals surface area contributed by atoms with Gasteiger partial charge in [-0.05, 0) is 19.3 Å². The first-order valence-electron chi connectivity index (χ1n) is 8.55. The molecular weight excluding hydrogens is 306 g/mol. The summed E-state index contributed by atoms with van der Waals surface area (Å²) in [5.74, 6) is 1.34. The van der Waals surface area contributed by atoms with E-state index in [0.717, 1.165) is 57.1 Å². The molecule has 2 aliphatic heterocycles. The Morgan fingerprint density at radius 3 is 2.88 bits per heavy atom. The Kier molecular flexibility index (Phi) is 4.20. The van der Waals surface area contributed by atoms with E-state index in [9.17, 15) is 5.11 Å².